The third-order valence-corrected chi connectivity index (χ3v) is 2.34. The van der Waals surface area contributed by atoms with E-state index in [-0.39, 0.29) is 6.10 Å². The van der Waals surface area contributed by atoms with E-state index >= 15 is 0 Å². The van der Waals surface area contributed by atoms with Gasteiger partial charge in [-0.3, -0.25) is 0 Å². The van der Waals surface area contributed by atoms with Crippen LogP contribution < -0.4 is 0 Å². The maximum absolute atomic E-state index is 9.21. The van der Waals surface area contributed by atoms with Crippen molar-refractivity contribution in [3.63, 3.8) is 0 Å². The Hall–Kier alpha value is 0.210. The fourth-order valence-corrected chi connectivity index (χ4v) is 1.48. The molecule has 1 saturated heterocycles. The van der Waals surface area contributed by atoms with Crippen molar-refractivity contribution in [3.05, 3.63) is 0 Å². The van der Waals surface area contributed by atoms with E-state index in [2.05, 4.69) is 0 Å². The molecule has 3 atom stereocenters. The molecule has 1 N–H and O–H groups in total. The molecule has 0 radical (unpaired) electrons. The predicted octanol–water partition coefficient (Wildman–Crippen LogP) is 1.36. The lowest BCUT2D eigenvalue weighted by Gasteiger charge is -2.08. The molecule has 2 unspecified atom stereocenters. The number of alkyl halides is 1. The second kappa shape index (κ2) is 3.56. The zero-order valence-electron chi connectivity index (χ0n) is 6.09. The second-order valence-electron chi connectivity index (χ2n) is 2.71. The van der Waals surface area contributed by atoms with Gasteiger partial charge in [0.05, 0.1) is 6.10 Å². The summed E-state index contributed by atoms with van der Waals surface area (Å²) in [6.07, 6.45) is 1.37. The number of ether oxygens (including phenoxy) is 1. The van der Waals surface area contributed by atoms with Gasteiger partial charge in [0.25, 0.3) is 0 Å². The monoisotopic (exact) mass is 164 g/mol. The van der Waals surface area contributed by atoms with Gasteiger partial charge in [-0.15, -0.1) is 11.6 Å². The molecule has 1 rings (SSSR count). The van der Waals surface area contributed by atoms with Crippen molar-refractivity contribution in [2.24, 2.45) is 5.92 Å². The van der Waals surface area contributed by atoms with E-state index in [1.807, 2.05) is 6.92 Å². The molecular formula is C7H13ClO2. The molecule has 1 aliphatic rings. The summed E-state index contributed by atoms with van der Waals surface area (Å²) >= 11 is 5.56. The molecule has 0 aromatic rings. The van der Waals surface area contributed by atoms with Crippen LogP contribution in [0, 0.1) is 5.92 Å². The fraction of sp³-hybridized carbons (Fsp3) is 1.00. The standard InChI is InChI=1S/C7H13ClO2/c1-2-5-3-6(4-8)10-7(5)9/h5-7,9H,2-4H2,1H3/t5?,6-,7?/m0/s1. The topological polar surface area (TPSA) is 29.5 Å². The summed E-state index contributed by atoms with van der Waals surface area (Å²) in [6, 6.07) is 0. The van der Waals surface area contributed by atoms with Crippen molar-refractivity contribution in [1.82, 2.24) is 0 Å². The van der Waals surface area contributed by atoms with Crippen molar-refractivity contribution < 1.29 is 9.84 Å². The lowest BCUT2D eigenvalue weighted by molar-refractivity contribution is -0.103. The number of halogens is 1. The van der Waals surface area contributed by atoms with Crippen molar-refractivity contribution in [1.29, 1.82) is 0 Å². The van der Waals surface area contributed by atoms with Gasteiger partial charge in [-0.1, -0.05) is 6.92 Å². The van der Waals surface area contributed by atoms with Crippen LogP contribution in [0.3, 0.4) is 0 Å². The first-order valence-corrected chi connectivity index (χ1v) is 4.20. The Morgan fingerprint density at radius 2 is 2.40 bits per heavy atom. The minimum absolute atomic E-state index is 0.0709. The summed E-state index contributed by atoms with van der Waals surface area (Å²) in [6.45, 7) is 2.05. The highest BCUT2D eigenvalue weighted by atomic mass is 35.5. The third kappa shape index (κ3) is 1.62. The summed E-state index contributed by atoms with van der Waals surface area (Å²) in [4.78, 5) is 0. The molecule has 3 heteroatoms. The Kier molecular flexibility index (Phi) is 2.96. The maximum Gasteiger partial charge on any atom is 0.157 e. The van der Waals surface area contributed by atoms with Crippen molar-refractivity contribution in [3.8, 4) is 0 Å². The van der Waals surface area contributed by atoms with Gasteiger partial charge in [0.1, 0.15) is 0 Å². The summed E-state index contributed by atoms with van der Waals surface area (Å²) in [5.41, 5.74) is 0. The van der Waals surface area contributed by atoms with Crippen LogP contribution in [-0.4, -0.2) is 23.4 Å². The van der Waals surface area contributed by atoms with Crippen LogP contribution in [0.5, 0.6) is 0 Å². The summed E-state index contributed by atoms with van der Waals surface area (Å²) < 4.78 is 5.14. The van der Waals surface area contributed by atoms with E-state index < -0.39 is 6.29 Å². The highest BCUT2D eigenvalue weighted by Crippen LogP contribution is 2.27. The van der Waals surface area contributed by atoms with Crippen molar-refractivity contribution in [2.45, 2.75) is 32.2 Å². The van der Waals surface area contributed by atoms with Crippen LogP contribution in [0.25, 0.3) is 0 Å². The van der Waals surface area contributed by atoms with Crippen LogP contribution in [0.15, 0.2) is 0 Å². The van der Waals surface area contributed by atoms with E-state index in [0.717, 1.165) is 12.8 Å². The van der Waals surface area contributed by atoms with Crippen LogP contribution in [0.1, 0.15) is 19.8 Å². The Morgan fingerprint density at radius 1 is 1.70 bits per heavy atom. The smallest absolute Gasteiger partial charge is 0.157 e. The van der Waals surface area contributed by atoms with E-state index in [9.17, 15) is 5.11 Å². The molecule has 0 saturated carbocycles. The normalized spacial score (nSPS) is 40.5. The zero-order chi connectivity index (χ0) is 7.56. The number of rotatable bonds is 2. The van der Waals surface area contributed by atoms with Gasteiger partial charge in [0.15, 0.2) is 6.29 Å². The molecule has 1 aliphatic heterocycles. The minimum atomic E-state index is -0.575. The number of hydrogen-bond acceptors (Lipinski definition) is 2. The largest absolute Gasteiger partial charge is 0.368 e. The second-order valence-corrected chi connectivity index (χ2v) is 3.02. The Balaban J connectivity index is 2.36. The summed E-state index contributed by atoms with van der Waals surface area (Å²) in [5, 5.41) is 9.21. The first kappa shape index (κ1) is 8.31. The molecule has 0 bridgehead atoms. The van der Waals surface area contributed by atoms with Gasteiger partial charge in [-0.05, 0) is 12.8 Å². The summed E-state index contributed by atoms with van der Waals surface area (Å²) in [5.74, 6) is 0.789. The van der Waals surface area contributed by atoms with Gasteiger partial charge < -0.3 is 9.84 Å². The molecule has 0 aromatic heterocycles. The Morgan fingerprint density at radius 3 is 2.70 bits per heavy atom. The molecule has 1 heterocycles. The van der Waals surface area contributed by atoms with E-state index in [4.69, 9.17) is 16.3 Å². The summed E-state index contributed by atoms with van der Waals surface area (Å²) in [7, 11) is 0. The fourth-order valence-electron chi connectivity index (χ4n) is 1.29. The lowest BCUT2D eigenvalue weighted by Crippen LogP contribution is -2.14. The average molecular weight is 165 g/mol. The van der Waals surface area contributed by atoms with E-state index in [0.29, 0.717) is 11.8 Å². The number of aliphatic hydroxyl groups excluding tert-OH is 1. The van der Waals surface area contributed by atoms with Crippen molar-refractivity contribution >= 4 is 11.6 Å². The predicted molar refractivity (Wildman–Crippen MR) is 40.0 cm³/mol. The number of aliphatic hydroxyl groups is 1. The number of hydrogen-bond donors (Lipinski definition) is 1. The molecule has 0 amide bonds. The van der Waals surface area contributed by atoms with Gasteiger partial charge >= 0.3 is 0 Å². The first-order chi connectivity index (χ1) is 4.77. The van der Waals surface area contributed by atoms with E-state index in [1.54, 1.807) is 0 Å². The van der Waals surface area contributed by atoms with E-state index in [1.165, 1.54) is 0 Å². The molecule has 2 nitrogen and oxygen atoms in total. The Bertz CT molecular complexity index is 108. The van der Waals surface area contributed by atoms with Crippen molar-refractivity contribution in [2.75, 3.05) is 5.88 Å². The van der Waals surface area contributed by atoms with Crippen LogP contribution in [0.4, 0.5) is 0 Å². The van der Waals surface area contributed by atoms with Gasteiger partial charge in [0, 0.05) is 11.8 Å². The van der Waals surface area contributed by atoms with Crippen LogP contribution in [-0.2, 0) is 4.74 Å². The molecule has 1 fully saturated rings. The van der Waals surface area contributed by atoms with Gasteiger partial charge in [-0.25, -0.2) is 0 Å². The molecular weight excluding hydrogens is 152 g/mol. The quantitative estimate of drug-likeness (QED) is 0.625. The highest BCUT2D eigenvalue weighted by Gasteiger charge is 2.31. The lowest BCUT2D eigenvalue weighted by atomic mass is 10.0. The van der Waals surface area contributed by atoms with Crippen LogP contribution in [0.2, 0.25) is 0 Å². The minimum Gasteiger partial charge on any atom is -0.368 e. The average Bonchev–Trinajstić information content (AvgIpc) is 2.30. The van der Waals surface area contributed by atoms with Crippen LogP contribution >= 0.6 is 11.6 Å². The first-order valence-electron chi connectivity index (χ1n) is 3.67. The van der Waals surface area contributed by atoms with Gasteiger partial charge in [0.2, 0.25) is 0 Å². The third-order valence-electron chi connectivity index (χ3n) is 2.00. The molecule has 60 valence electrons. The zero-order valence-corrected chi connectivity index (χ0v) is 6.84. The highest BCUT2D eigenvalue weighted by molar-refractivity contribution is 6.18. The molecule has 0 spiro atoms. The molecule has 0 aromatic carbocycles. The SMILES string of the molecule is CCC1C[C@@H](CCl)OC1O. The molecule has 10 heavy (non-hydrogen) atoms. The Labute approximate surface area is 66.1 Å². The van der Waals surface area contributed by atoms with Gasteiger partial charge in [-0.2, -0.15) is 0 Å². The molecule has 0 aliphatic carbocycles. The maximum atomic E-state index is 9.21.